The molecule has 1 N–H and O–H groups in total. The first-order valence-corrected chi connectivity index (χ1v) is 9.47. The molecule has 0 fully saturated rings. The molecule has 25 heavy (non-hydrogen) atoms. The smallest absolute Gasteiger partial charge is 0.261 e. The van der Waals surface area contributed by atoms with Crippen LogP contribution in [0.3, 0.4) is 0 Å². The number of anilines is 1. The average Bonchev–Trinajstić information content (AvgIpc) is 2.62. The van der Waals surface area contributed by atoms with Gasteiger partial charge in [-0.15, -0.1) is 0 Å². The minimum atomic E-state index is -3.72. The van der Waals surface area contributed by atoms with Crippen molar-refractivity contribution in [3.63, 3.8) is 0 Å². The number of amides is 1. The monoisotopic (exact) mass is 362 g/mol. The predicted octanol–water partition coefficient (Wildman–Crippen LogP) is 2.98. The lowest BCUT2D eigenvalue weighted by molar-refractivity contribution is 0.0802. The highest BCUT2D eigenvalue weighted by Gasteiger charge is 2.16. The minimum absolute atomic E-state index is 0.0945. The summed E-state index contributed by atoms with van der Waals surface area (Å²) in [5.41, 5.74) is 0.888. The Bertz CT molecular complexity index is 815. The summed E-state index contributed by atoms with van der Waals surface area (Å²) in [7, 11) is -2.03. The molecule has 6 nitrogen and oxygen atoms in total. The number of sulfonamides is 1. The number of hydrogen-bond acceptors (Lipinski definition) is 4. The molecular weight excluding hydrogens is 340 g/mol. The van der Waals surface area contributed by atoms with E-state index in [1.165, 1.54) is 24.3 Å². The summed E-state index contributed by atoms with van der Waals surface area (Å²) in [6.45, 7) is 4.88. The topological polar surface area (TPSA) is 75.7 Å². The van der Waals surface area contributed by atoms with E-state index in [2.05, 4.69) is 4.72 Å². The van der Waals surface area contributed by atoms with Crippen LogP contribution in [-0.4, -0.2) is 39.4 Å². The molecule has 0 aliphatic carbocycles. The van der Waals surface area contributed by atoms with Gasteiger partial charge in [0.05, 0.1) is 11.5 Å². The molecule has 0 heterocycles. The summed E-state index contributed by atoms with van der Waals surface area (Å²) in [6, 6.07) is 12.5. The third kappa shape index (κ3) is 4.73. The van der Waals surface area contributed by atoms with Crippen LogP contribution in [0.25, 0.3) is 0 Å². The molecule has 0 bridgehead atoms. The maximum Gasteiger partial charge on any atom is 0.261 e. The average molecular weight is 362 g/mol. The second kappa shape index (κ2) is 8.02. The fourth-order valence-corrected chi connectivity index (χ4v) is 3.20. The van der Waals surface area contributed by atoms with Gasteiger partial charge in [0.2, 0.25) is 0 Å². The summed E-state index contributed by atoms with van der Waals surface area (Å²) in [6.07, 6.45) is 0. The number of nitrogens with one attached hydrogen (secondary N) is 1. The molecule has 0 aromatic heterocycles. The maximum atomic E-state index is 12.4. The van der Waals surface area contributed by atoms with E-state index in [4.69, 9.17) is 4.74 Å². The van der Waals surface area contributed by atoms with E-state index in [9.17, 15) is 13.2 Å². The molecule has 134 valence electrons. The lowest BCUT2D eigenvalue weighted by atomic mass is 10.2. The predicted molar refractivity (Wildman–Crippen MR) is 97.5 cm³/mol. The van der Waals surface area contributed by atoms with E-state index in [0.29, 0.717) is 30.2 Å². The summed E-state index contributed by atoms with van der Waals surface area (Å²) in [5, 5.41) is 0. The van der Waals surface area contributed by atoms with Crippen molar-refractivity contribution in [3.05, 3.63) is 54.1 Å². The van der Waals surface area contributed by atoms with Crippen LogP contribution in [0.2, 0.25) is 0 Å². The molecule has 0 saturated heterocycles. The molecule has 0 spiro atoms. The van der Waals surface area contributed by atoms with Gasteiger partial charge in [0, 0.05) is 24.8 Å². The second-order valence-corrected chi connectivity index (χ2v) is 7.09. The fourth-order valence-electron chi connectivity index (χ4n) is 2.14. The van der Waals surface area contributed by atoms with Crippen LogP contribution in [-0.2, 0) is 10.0 Å². The Hall–Kier alpha value is -2.54. The SMILES string of the molecule is CCOc1ccc(NS(=O)(=O)c2ccc(C(=O)N(C)CC)cc2)cc1. The molecule has 2 rings (SSSR count). The highest BCUT2D eigenvalue weighted by molar-refractivity contribution is 7.92. The highest BCUT2D eigenvalue weighted by Crippen LogP contribution is 2.20. The molecule has 7 heteroatoms. The van der Waals surface area contributed by atoms with Crippen molar-refractivity contribution in [2.75, 3.05) is 24.9 Å². The minimum Gasteiger partial charge on any atom is -0.494 e. The van der Waals surface area contributed by atoms with Crippen molar-refractivity contribution in [1.82, 2.24) is 4.90 Å². The standard InChI is InChI=1S/C18H22N2O4S/c1-4-20(3)18(21)14-6-12-17(13-7-14)25(22,23)19-15-8-10-16(11-9-15)24-5-2/h6-13,19H,4-5H2,1-3H3. The Kier molecular flexibility index (Phi) is 6.03. The van der Waals surface area contributed by atoms with Crippen molar-refractivity contribution in [2.45, 2.75) is 18.7 Å². The Morgan fingerprint density at radius 3 is 2.16 bits per heavy atom. The van der Waals surface area contributed by atoms with Gasteiger partial charge in [0.15, 0.2) is 0 Å². The normalized spacial score (nSPS) is 11.0. The zero-order valence-corrected chi connectivity index (χ0v) is 15.3. The van der Waals surface area contributed by atoms with Crippen molar-refractivity contribution in [3.8, 4) is 5.75 Å². The second-order valence-electron chi connectivity index (χ2n) is 5.41. The zero-order valence-electron chi connectivity index (χ0n) is 14.5. The largest absolute Gasteiger partial charge is 0.494 e. The van der Waals surface area contributed by atoms with Gasteiger partial charge in [-0.05, 0) is 62.4 Å². The van der Waals surface area contributed by atoms with Gasteiger partial charge in [-0.1, -0.05) is 0 Å². The number of carbonyl (C=O) groups is 1. The Balaban J connectivity index is 2.15. The van der Waals surface area contributed by atoms with E-state index in [0.717, 1.165) is 0 Å². The first-order chi connectivity index (χ1) is 11.9. The van der Waals surface area contributed by atoms with Crippen molar-refractivity contribution >= 4 is 21.6 Å². The lowest BCUT2D eigenvalue weighted by Gasteiger charge is -2.14. The Morgan fingerprint density at radius 2 is 1.64 bits per heavy atom. The molecule has 0 unspecified atom stereocenters. The van der Waals surface area contributed by atoms with Gasteiger partial charge in [-0.2, -0.15) is 0 Å². The summed E-state index contributed by atoms with van der Waals surface area (Å²) in [5.74, 6) is 0.527. The molecule has 2 aromatic carbocycles. The van der Waals surface area contributed by atoms with Crippen LogP contribution < -0.4 is 9.46 Å². The molecular formula is C18H22N2O4S. The van der Waals surface area contributed by atoms with Crippen LogP contribution in [0.4, 0.5) is 5.69 Å². The summed E-state index contributed by atoms with van der Waals surface area (Å²) < 4.78 is 32.7. The van der Waals surface area contributed by atoms with Crippen LogP contribution in [0.5, 0.6) is 5.75 Å². The van der Waals surface area contributed by atoms with Crippen LogP contribution in [0.1, 0.15) is 24.2 Å². The fraction of sp³-hybridized carbons (Fsp3) is 0.278. The van der Waals surface area contributed by atoms with Gasteiger partial charge in [0.1, 0.15) is 5.75 Å². The van der Waals surface area contributed by atoms with Crippen LogP contribution in [0, 0.1) is 0 Å². The third-order valence-electron chi connectivity index (χ3n) is 3.65. The highest BCUT2D eigenvalue weighted by atomic mass is 32.2. The molecule has 2 aromatic rings. The van der Waals surface area contributed by atoms with Crippen molar-refractivity contribution < 1.29 is 17.9 Å². The molecule has 0 radical (unpaired) electrons. The lowest BCUT2D eigenvalue weighted by Crippen LogP contribution is -2.26. The Morgan fingerprint density at radius 1 is 1.04 bits per heavy atom. The maximum absolute atomic E-state index is 12.4. The molecule has 0 aliphatic heterocycles. The van der Waals surface area contributed by atoms with Crippen LogP contribution in [0.15, 0.2) is 53.4 Å². The first-order valence-electron chi connectivity index (χ1n) is 7.98. The van der Waals surface area contributed by atoms with Gasteiger partial charge < -0.3 is 9.64 Å². The van der Waals surface area contributed by atoms with Gasteiger partial charge >= 0.3 is 0 Å². The molecule has 1 amide bonds. The van der Waals surface area contributed by atoms with E-state index in [1.807, 2.05) is 13.8 Å². The number of hydrogen-bond donors (Lipinski definition) is 1. The number of benzene rings is 2. The summed E-state index contributed by atoms with van der Waals surface area (Å²) >= 11 is 0. The van der Waals surface area contributed by atoms with Crippen LogP contribution >= 0.6 is 0 Å². The number of nitrogens with zero attached hydrogens (tertiary/aromatic N) is 1. The summed E-state index contributed by atoms with van der Waals surface area (Å²) in [4.78, 5) is 13.7. The number of carbonyl (C=O) groups excluding carboxylic acids is 1. The van der Waals surface area contributed by atoms with Gasteiger partial charge in [-0.25, -0.2) is 8.42 Å². The number of rotatable bonds is 7. The van der Waals surface area contributed by atoms with E-state index in [-0.39, 0.29) is 10.8 Å². The molecule has 0 aliphatic rings. The van der Waals surface area contributed by atoms with Crippen molar-refractivity contribution in [1.29, 1.82) is 0 Å². The molecule has 0 atom stereocenters. The number of ether oxygens (including phenoxy) is 1. The van der Waals surface area contributed by atoms with Crippen molar-refractivity contribution in [2.24, 2.45) is 0 Å². The zero-order chi connectivity index (χ0) is 18.4. The molecule has 0 saturated carbocycles. The van der Waals surface area contributed by atoms with Gasteiger partial charge in [0.25, 0.3) is 15.9 Å². The quantitative estimate of drug-likeness (QED) is 0.822. The third-order valence-corrected chi connectivity index (χ3v) is 5.05. The van der Waals surface area contributed by atoms with Gasteiger partial charge in [-0.3, -0.25) is 9.52 Å². The van der Waals surface area contributed by atoms with E-state index >= 15 is 0 Å². The first kappa shape index (κ1) is 18.8. The Labute approximate surface area is 148 Å². The van der Waals surface area contributed by atoms with E-state index in [1.54, 1.807) is 36.2 Å². The van der Waals surface area contributed by atoms with E-state index < -0.39 is 10.0 Å².